The van der Waals surface area contributed by atoms with Crippen LogP contribution in [0.4, 0.5) is 11.4 Å². The van der Waals surface area contributed by atoms with Gasteiger partial charge in [-0.05, 0) is 60.7 Å². The molecule has 0 fully saturated rings. The molecule has 146 valence electrons. The zero-order chi connectivity index (χ0) is 20.4. The van der Waals surface area contributed by atoms with Crippen LogP contribution in [0.15, 0.2) is 82.1 Å². The van der Waals surface area contributed by atoms with Crippen LogP contribution in [0.2, 0.25) is 0 Å². The van der Waals surface area contributed by atoms with E-state index >= 15 is 0 Å². The van der Waals surface area contributed by atoms with E-state index < -0.39 is 10.0 Å². The number of para-hydroxylation sites is 2. The summed E-state index contributed by atoms with van der Waals surface area (Å²) in [6.07, 6.45) is 0. The molecule has 0 radical (unpaired) electrons. The van der Waals surface area contributed by atoms with Gasteiger partial charge in [0.05, 0.1) is 4.90 Å². The second kappa shape index (κ2) is 7.40. The molecule has 0 bridgehead atoms. The lowest BCUT2D eigenvalue weighted by Gasteiger charge is -2.09. The summed E-state index contributed by atoms with van der Waals surface area (Å²) in [5.41, 5.74) is 3.13. The number of nitrogens with one attached hydrogen (secondary N) is 2. The lowest BCUT2D eigenvalue weighted by Crippen LogP contribution is -2.13. The van der Waals surface area contributed by atoms with Crippen LogP contribution < -0.4 is 10.0 Å². The minimum absolute atomic E-state index is 0.0922. The van der Waals surface area contributed by atoms with E-state index in [9.17, 15) is 13.2 Å². The van der Waals surface area contributed by atoms with E-state index in [1.165, 1.54) is 31.2 Å². The Morgan fingerprint density at radius 3 is 2.21 bits per heavy atom. The molecule has 0 aliphatic carbocycles. The molecule has 1 aromatic heterocycles. The molecule has 2 N–H and O–H groups in total. The van der Waals surface area contributed by atoms with E-state index in [-0.39, 0.29) is 10.8 Å². The van der Waals surface area contributed by atoms with Gasteiger partial charge in [0.25, 0.3) is 10.0 Å². The Morgan fingerprint density at radius 2 is 1.55 bits per heavy atom. The molecule has 0 unspecified atom stereocenters. The highest BCUT2D eigenvalue weighted by Crippen LogP contribution is 2.26. The lowest BCUT2D eigenvalue weighted by atomic mass is 10.2. The summed E-state index contributed by atoms with van der Waals surface area (Å²) in [5.74, 6) is 0.243. The van der Waals surface area contributed by atoms with E-state index in [1.54, 1.807) is 24.3 Å². The van der Waals surface area contributed by atoms with Crippen molar-refractivity contribution in [3.05, 3.63) is 72.8 Å². The minimum atomic E-state index is -3.76. The van der Waals surface area contributed by atoms with Gasteiger partial charge in [0.2, 0.25) is 11.8 Å². The Bertz CT molecular complexity index is 1240. The number of amides is 1. The number of nitrogens with zero attached hydrogens (tertiary/aromatic N) is 1. The summed E-state index contributed by atoms with van der Waals surface area (Å²) in [5, 5.41) is 2.60. The normalized spacial score (nSPS) is 11.3. The predicted molar refractivity (Wildman–Crippen MR) is 111 cm³/mol. The van der Waals surface area contributed by atoms with Crippen LogP contribution in [0.25, 0.3) is 22.6 Å². The van der Waals surface area contributed by atoms with Crippen LogP contribution >= 0.6 is 0 Å². The van der Waals surface area contributed by atoms with E-state index in [2.05, 4.69) is 15.0 Å². The standard InChI is InChI=1S/C21H17N3O4S/c1-14(25)22-16-10-12-18(13-11-16)29(26,27)24-17-8-6-15(7-9-17)21-23-19-4-2-3-5-20(19)28-21/h2-13,24H,1H3,(H,22,25). The maximum atomic E-state index is 12.6. The van der Waals surface area contributed by atoms with Crippen LogP contribution in [0.1, 0.15) is 6.92 Å². The molecular formula is C21H17N3O4S. The monoisotopic (exact) mass is 407 g/mol. The summed E-state index contributed by atoms with van der Waals surface area (Å²) in [6, 6.07) is 20.2. The van der Waals surface area contributed by atoms with Crippen molar-refractivity contribution in [3.8, 4) is 11.5 Å². The van der Waals surface area contributed by atoms with Crippen LogP contribution in [0.3, 0.4) is 0 Å². The fourth-order valence-electron chi connectivity index (χ4n) is 2.81. The van der Waals surface area contributed by atoms with E-state index in [1.807, 2.05) is 24.3 Å². The Balaban J connectivity index is 1.52. The molecular weight excluding hydrogens is 390 g/mol. The minimum Gasteiger partial charge on any atom is -0.436 e. The average Bonchev–Trinajstić information content (AvgIpc) is 3.12. The van der Waals surface area contributed by atoms with Gasteiger partial charge in [0.1, 0.15) is 5.52 Å². The quantitative estimate of drug-likeness (QED) is 0.515. The third-order valence-corrected chi connectivity index (χ3v) is 5.56. The van der Waals surface area contributed by atoms with Crippen molar-refractivity contribution in [3.63, 3.8) is 0 Å². The number of rotatable bonds is 5. The van der Waals surface area contributed by atoms with E-state index in [0.717, 1.165) is 11.1 Å². The molecule has 1 heterocycles. The van der Waals surface area contributed by atoms with Crippen molar-refractivity contribution in [2.45, 2.75) is 11.8 Å². The largest absolute Gasteiger partial charge is 0.436 e. The Kier molecular flexibility index (Phi) is 4.77. The van der Waals surface area contributed by atoms with Crippen molar-refractivity contribution in [1.29, 1.82) is 0 Å². The number of carbonyl (C=O) groups is 1. The summed E-state index contributed by atoms with van der Waals surface area (Å²) in [4.78, 5) is 15.6. The second-order valence-corrected chi connectivity index (χ2v) is 8.06. The number of oxazole rings is 1. The molecule has 0 atom stereocenters. The average molecular weight is 407 g/mol. The maximum Gasteiger partial charge on any atom is 0.261 e. The Labute approximate surface area is 167 Å². The van der Waals surface area contributed by atoms with E-state index in [4.69, 9.17) is 4.42 Å². The van der Waals surface area contributed by atoms with Gasteiger partial charge in [-0.25, -0.2) is 13.4 Å². The molecule has 4 aromatic rings. The zero-order valence-electron chi connectivity index (χ0n) is 15.4. The highest BCUT2D eigenvalue weighted by atomic mass is 32.2. The van der Waals surface area contributed by atoms with Crippen molar-refractivity contribution in [2.24, 2.45) is 0 Å². The molecule has 1 amide bonds. The van der Waals surface area contributed by atoms with Gasteiger partial charge in [-0.1, -0.05) is 12.1 Å². The van der Waals surface area contributed by atoms with Crippen LogP contribution in [0.5, 0.6) is 0 Å². The molecule has 0 aliphatic rings. The van der Waals surface area contributed by atoms with E-state index in [0.29, 0.717) is 22.8 Å². The molecule has 0 saturated heterocycles. The third-order valence-electron chi connectivity index (χ3n) is 4.16. The van der Waals surface area contributed by atoms with Crippen LogP contribution in [-0.4, -0.2) is 19.3 Å². The molecule has 0 aliphatic heterocycles. The third kappa shape index (κ3) is 4.12. The fraction of sp³-hybridized carbons (Fsp3) is 0.0476. The predicted octanol–water partition coefficient (Wildman–Crippen LogP) is 4.25. The first-order chi connectivity index (χ1) is 13.9. The van der Waals surface area contributed by atoms with Crippen LogP contribution in [-0.2, 0) is 14.8 Å². The molecule has 0 spiro atoms. The maximum absolute atomic E-state index is 12.6. The van der Waals surface area contributed by atoms with Gasteiger partial charge in [-0.2, -0.15) is 0 Å². The Hall–Kier alpha value is -3.65. The number of hydrogen-bond acceptors (Lipinski definition) is 5. The smallest absolute Gasteiger partial charge is 0.261 e. The first-order valence-electron chi connectivity index (χ1n) is 8.77. The van der Waals surface area contributed by atoms with Crippen molar-refractivity contribution >= 4 is 38.4 Å². The number of carbonyl (C=O) groups excluding carboxylic acids is 1. The van der Waals surface area contributed by atoms with Gasteiger partial charge in [0, 0.05) is 23.9 Å². The van der Waals surface area contributed by atoms with Crippen molar-refractivity contribution in [2.75, 3.05) is 10.0 Å². The molecule has 8 heteroatoms. The molecule has 29 heavy (non-hydrogen) atoms. The van der Waals surface area contributed by atoms with Crippen molar-refractivity contribution < 1.29 is 17.6 Å². The summed E-state index contributed by atoms with van der Waals surface area (Å²) in [6.45, 7) is 1.39. The number of sulfonamides is 1. The molecule has 0 saturated carbocycles. The summed E-state index contributed by atoms with van der Waals surface area (Å²) >= 11 is 0. The number of aromatic nitrogens is 1. The van der Waals surface area contributed by atoms with Gasteiger partial charge >= 0.3 is 0 Å². The summed E-state index contributed by atoms with van der Waals surface area (Å²) in [7, 11) is -3.76. The number of benzene rings is 3. The van der Waals surface area contributed by atoms with Gasteiger partial charge < -0.3 is 9.73 Å². The highest BCUT2D eigenvalue weighted by molar-refractivity contribution is 7.92. The molecule has 4 rings (SSSR count). The number of hydrogen-bond donors (Lipinski definition) is 2. The van der Waals surface area contributed by atoms with Crippen LogP contribution in [0, 0.1) is 0 Å². The SMILES string of the molecule is CC(=O)Nc1ccc(S(=O)(=O)Nc2ccc(-c3nc4ccccc4o3)cc2)cc1. The molecule has 7 nitrogen and oxygen atoms in total. The number of anilines is 2. The summed E-state index contributed by atoms with van der Waals surface area (Å²) < 4.78 is 33.4. The number of fused-ring (bicyclic) bond motifs is 1. The van der Waals surface area contributed by atoms with Gasteiger partial charge in [-0.15, -0.1) is 0 Å². The van der Waals surface area contributed by atoms with Crippen molar-refractivity contribution in [1.82, 2.24) is 4.98 Å². The Morgan fingerprint density at radius 1 is 0.897 bits per heavy atom. The lowest BCUT2D eigenvalue weighted by molar-refractivity contribution is -0.114. The second-order valence-electron chi connectivity index (χ2n) is 6.38. The first kappa shape index (κ1) is 18.7. The molecule has 3 aromatic carbocycles. The first-order valence-corrected chi connectivity index (χ1v) is 10.3. The van der Waals surface area contributed by atoms with Gasteiger partial charge in [0.15, 0.2) is 5.58 Å². The van der Waals surface area contributed by atoms with Gasteiger partial charge in [-0.3, -0.25) is 9.52 Å². The zero-order valence-corrected chi connectivity index (χ0v) is 16.2. The highest BCUT2D eigenvalue weighted by Gasteiger charge is 2.15. The topological polar surface area (TPSA) is 101 Å². The fourth-order valence-corrected chi connectivity index (χ4v) is 3.87.